The van der Waals surface area contributed by atoms with E-state index in [4.69, 9.17) is 15.7 Å². The first kappa shape index (κ1) is 12.8. The van der Waals surface area contributed by atoms with Gasteiger partial charge in [0, 0.05) is 12.5 Å². The van der Waals surface area contributed by atoms with Gasteiger partial charge >= 0.3 is 0 Å². The van der Waals surface area contributed by atoms with Gasteiger partial charge in [0.25, 0.3) is 0 Å². The molecule has 0 fully saturated rings. The zero-order valence-corrected chi connectivity index (χ0v) is 10.6. The summed E-state index contributed by atoms with van der Waals surface area (Å²) >= 11 is 0. The highest BCUT2D eigenvalue weighted by Gasteiger charge is 2.07. The molecule has 0 aliphatic rings. The van der Waals surface area contributed by atoms with Gasteiger partial charge in [-0.3, -0.25) is 0 Å². The molecule has 0 spiro atoms. The molecule has 2 N–H and O–H groups in total. The van der Waals surface area contributed by atoms with Crippen LogP contribution in [0.25, 0.3) is 0 Å². The van der Waals surface area contributed by atoms with Crippen LogP contribution in [0.2, 0.25) is 0 Å². The van der Waals surface area contributed by atoms with Crippen LogP contribution >= 0.6 is 0 Å². The van der Waals surface area contributed by atoms with Gasteiger partial charge in [0.15, 0.2) is 0 Å². The van der Waals surface area contributed by atoms with E-state index in [1.807, 2.05) is 6.92 Å². The van der Waals surface area contributed by atoms with Crippen molar-refractivity contribution in [2.45, 2.75) is 19.8 Å². The molecule has 2 rings (SSSR count). The number of benzene rings is 1. The zero-order chi connectivity index (χ0) is 13.7. The minimum absolute atomic E-state index is 0.360. The predicted octanol–water partition coefficient (Wildman–Crippen LogP) is 2.68. The Labute approximate surface area is 111 Å². The van der Waals surface area contributed by atoms with Crippen molar-refractivity contribution in [3.63, 3.8) is 0 Å². The number of hydrogen-bond donors (Lipinski definition) is 1. The summed E-state index contributed by atoms with van der Waals surface area (Å²) in [4.78, 5) is 8.40. The van der Waals surface area contributed by atoms with Crippen LogP contribution in [0.4, 0.5) is 5.82 Å². The summed E-state index contributed by atoms with van der Waals surface area (Å²) in [7, 11) is 0. The van der Waals surface area contributed by atoms with Crippen LogP contribution in [0.1, 0.15) is 24.7 Å². The first-order valence-electron chi connectivity index (χ1n) is 6.03. The molecular weight excluding hydrogens is 240 g/mol. The Balaban J connectivity index is 2.30. The normalized spacial score (nSPS) is 9.89. The van der Waals surface area contributed by atoms with Crippen LogP contribution in [0.15, 0.2) is 30.3 Å². The van der Waals surface area contributed by atoms with E-state index in [1.54, 1.807) is 30.3 Å². The van der Waals surface area contributed by atoms with Crippen molar-refractivity contribution in [3.8, 4) is 17.7 Å². The number of aromatic nitrogens is 2. The van der Waals surface area contributed by atoms with Crippen LogP contribution in [0, 0.1) is 11.3 Å². The smallest absolute Gasteiger partial charge is 0.224 e. The minimum atomic E-state index is 0.360. The van der Waals surface area contributed by atoms with Crippen molar-refractivity contribution >= 4 is 5.82 Å². The Hall–Kier alpha value is -2.61. The highest BCUT2D eigenvalue weighted by Crippen LogP contribution is 2.24. The van der Waals surface area contributed by atoms with Crippen LogP contribution in [0.5, 0.6) is 11.6 Å². The third kappa shape index (κ3) is 3.19. The summed E-state index contributed by atoms with van der Waals surface area (Å²) in [5.41, 5.74) is 6.17. The van der Waals surface area contributed by atoms with E-state index >= 15 is 0 Å². The second-order valence-corrected chi connectivity index (χ2v) is 4.01. The van der Waals surface area contributed by atoms with Crippen molar-refractivity contribution in [1.29, 1.82) is 5.26 Å². The first-order chi connectivity index (χ1) is 9.22. The SMILES string of the molecule is CCCc1nc(N)cc(Oc2ccccc2C#N)n1. The molecule has 0 amide bonds. The van der Waals surface area contributed by atoms with Gasteiger partial charge in [-0.25, -0.2) is 4.98 Å². The number of nitriles is 1. The zero-order valence-electron chi connectivity index (χ0n) is 10.6. The summed E-state index contributed by atoms with van der Waals surface area (Å²) in [6.45, 7) is 2.04. The van der Waals surface area contributed by atoms with Gasteiger partial charge in [-0.1, -0.05) is 19.1 Å². The number of aryl methyl sites for hydroxylation is 1. The fraction of sp³-hybridized carbons (Fsp3) is 0.214. The number of rotatable bonds is 4. The van der Waals surface area contributed by atoms with Gasteiger partial charge in [-0.2, -0.15) is 10.2 Å². The average molecular weight is 254 g/mol. The largest absolute Gasteiger partial charge is 0.437 e. The lowest BCUT2D eigenvalue weighted by Crippen LogP contribution is -2.01. The molecule has 2 aromatic rings. The monoisotopic (exact) mass is 254 g/mol. The lowest BCUT2D eigenvalue weighted by Gasteiger charge is -2.08. The average Bonchev–Trinajstić information content (AvgIpc) is 2.39. The molecule has 96 valence electrons. The molecule has 19 heavy (non-hydrogen) atoms. The molecule has 1 aromatic carbocycles. The van der Waals surface area contributed by atoms with E-state index in [-0.39, 0.29) is 0 Å². The minimum Gasteiger partial charge on any atom is -0.437 e. The molecule has 0 aliphatic heterocycles. The van der Waals surface area contributed by atoms with Gasteiger partial charge in [0.05, 0.1) is 5.56 Å². The highest BCUT2D eigenvalue weighted by molar-refractivity contribution is 5.45. The van der Waals surface area contributed by atoms with E-state index in [1.165, 1.54) is 0 Å². The molecule has 0 unspecified atom stereocenters. The van der Waals surface area contributed by atoms with Gasteiger partial charge in [-0.15, -0.1) is 0 Å². The number of nitrogen functional groups attached to an aromatic ring is 1. The van der Waals surface area contributed by atoms with Crippen molar-refractivity contribution in [2.75, 3.05) is 5.73 Å². The quantitative estimate of drug-likeness (QED) is 0.906. The van der Waals surface area contributed by atoms with Crippen LogP contribution in [-0.4, -0.2) is 9.97 Å². The molecule has 5 heteroatoms. The maximum atomic E-state index is 9.00. The third-order valence-electron chi connectivity index (χ3n) is 2.46. The first-order valence-corrected chi connectivity index (χ1v) is 6.03. The number of nitrogens with two attached hydrogens (primary N) is 1. The summed E-state index contributed by atoms with van der Waals surface area (Å²) in [5, 5.41) is 9.00. The van der Waals surface area contributed by atoms with Crippen LogP contribution in [0.3, 0.4) is 0 Å². The second-order valence-electron chi connectivity index (χ2n) is 4.01. The Morgan fingerprint density at radius 1 is 1.32 bits per heavy atom. The second kappa shape index (κ2) is 5.83. The summed E-state index contributed by atoms with van der Waals surface area (Å²) in [6, 6.07) is 10.6. The van der Waals surface area contributed by atoms with Gasteiger partial charge in [-0.05, 0) is 18.6 Å². The standard InChI is InChI=1S/C14H14N4O/c1-2-5-13-17-12(16)8-14(18-13)19-11-7-4-3-6-10(11)9-15/h3-4,6-8H,2,5H2,1H3,(H2,16,17,18). The molecule has 0 saturated heterocycles. The molecule has 1 heterocycles. The van der Waals surface area contributed by atoms with E-state index in [0.29, 0.717) is 28.8 Å². The maximum Gasteiger partial charge on any atom is 0.224 e. The molecule has 0 saturated carbocycles. The summed E-state index contributed by atoms with van der Waals surface area (Å²) in [5.74, 6) is 1.83. The Morgan fingerprint density at radius 3 is 2.84 bits per heavy atom. The van der Waals surface area contributed by atoms with Gasteiger partial charge in [0.1, 0.15) is 23.5 Å². The van der Waals surface area contributed by atoms with E-state index < -0.39 is 0 Å². The summed E-state index contributed by atoms with van der Waals surface area (Å²) < 4.78 is 5.61. The van der Waals surface area contributed by atoms with E-state index in [0.717, 1.165) is 12.8 Å². The predicted molar refractivity (Wildman–Crippen MR) is 71.7 cm³/mol. The molecule has 0 radical (unpaired) electrons. The molecule has 5 nitrogen and oxygen atoms in total. The van der Waals surface area contributed by atoms with Crippen molar-refractivity contribution < 1.29 is 4.74 Å². The topological polar surface area (TPSA) is 84.8 Å². The van der Waals surface area contributed by atoms with Crippen molar-refractivity contribution in [1.82, 2.24) is 9.97 Å². The van der Waals surface area contributed by atoms with E-state index in [9.17, 15) is 0 Å². The van der Waals surface area contributed by atoms with Crippen LogP contribution in [-0.2, 0) is 6.42 Å². The Kier molecular flexibility index (Phi) is 3.94. The molecular formula is C14H14N4O. The Morgan fingerprint density at radius 2 is 2.11 bits per heavy atom. The fourth-order valence-electron chi connectivity index (χ4n) is 1.64. The fourth-order valence-corrected chi connectivity index (χ4v) is 1.64. The molecule has 0 bridgehead atoms. The Bertz CT molecular complexity index is 619. The molecule has 1 aromatic heterocycles. The summed E-state index contributed by atoms with van der Waals surface area (Å²) in [6.07, 6.45) is 1.67. The van der Waals surface area contributed by atoms with Crippen molar-refractivity contribution in [2.24, 2.45) is 0 Å². The highest BCUT2D eigenvalue weighted by atomic mass is 16.5. The number of nitrogens with zero attached hydrogens (tertiary/aromatic N) is 3. The molecule has 0 atom stereocenters. The van der Waals surface area contributed by atoms with E-state index in [2.05, 4.69) is 16.0 Å². The lowest BCUT2D eigenvalue weighted by molar-refractivity contribution is 0.457. The van der Waals surface area contributed by atoms with Gasteiger partial charge in [0.2, 0.25) is 5.88 Å². The number of ether oxygens (including phenoxy) is 1. The number of anilines is 1. The third-order valence-corrected chi connectivity index (χ3v) is 2.46. The van der Waals surface area contributed by atoms with Gasteiger partial charge < -0.3 is 10.5 Å². The van der Waals surface area contributed by atoms with Crippen molar-refractivity contribution in [3.05, 3.63) is 41.7 Å². The number of para-hydroxylation sites is 1. The lowest BCUT2D eigenvalue weighted by atomic mass is 10.2. The van der Waals surface area contributed by atoms with Crippen LogP contribution < -0.4 is 10.5 Å². The number of hydrogen-bond acceptors (Lipinski definition) is 5. The molecule has 0 aliphatic carbocycles. The maximum absolute atomic E-state index is 9.00.